The van der Waals surface area contributed by atoms with Gasteiger partial charge in [0.25, 0.3) is 5.56 Å². The van der Waals surface area contributed by atoms with Crippen LogP contribution >= 0.6 is 0 Å². The molecule has 2 aliphatic rings. The van der Waals surface area contributed by atoms with Gasteiger partial charge < -0.3 is 14.4 Å². The Kier molecular flexibility index (Phi) is 27.0. The van der Waals surface area contributed by atoms with Gasteiger partial charge in [0.15, 0.2) is 17.7 Å². The van der Waals surface area contributed by atoms with Crippen molar-refractivity contribution in [1.29, 1.82) is 0 Å². The van der Waals surface area contributed by atoms with Crippen molar-refractivity contribution >= 4 is 17.7 Å². The Morgan fingerprint density at radius 2 is 1.15 bits per heavy atom. The summed E-state index contributed by atoms with van der Waals surface area (Å²) in [5.74, 6) is -0.993. The molecule has 1 fully saturated rings. The summed E-state index contributed by atoms with van der Waals surface area (Å²) >= 11 is 0. The number of hydrogen-bond donors (Lipinski definition) is 0. The smallest absolute Gasteiger partial charge is 0.311 e. The van der Waals surface area contributed by atoms with E-state index < -0.39 is 17.9 Å². The molecule has 3 heterocycles. The molecule has 0 aliphatic carbocycles. The zero-order valence-electron chi connectivity index (χ0n) is 41.2. The minimum Gasteiger partial charge on any atom is -0.454 e. The molecule has 0 bridgehead atoms. The van der Waals surface area contributed by atoms with Gasteiger partial charge in [-0.1, -0.05) is 168 Å². The number of hydrogen-bond acceptors (Lipinski definition) is 8. The van der Waals surface area contributed by atoms with Gasteiger partial charge in [-0.3, -0.25) is 23.7 Å². The van der Waals surface area contributed by atoms with Crippen molar-refractivity contribution in [1.82, 2.24) is 14.5 Å². The molecule has 366 valence electrons. The number of likely N-dealkylation sites (tertiary alicyclic amines) is 1. The molecule has 1 saturated heterocycles. The minimum atomic E-state index is -0.542. The highest BCUT2D eigenvalue weighted by molar-refractivity contribution is 6.01. The topological polar surface area (TPSA) is 108 Å². The molecule has 1 aromatic heterocycles. The maximum absolute atomic E-state index is 14.3. The number of unbranched alkanes of at least 4 members (excludes halogenated alkanes) is 24. The van der Waals surface area contributed by atoms with Crippen LogP contribution in [0, 0.1) is 18.7 Å². The molecule has 0 N–H and O–H groups in total. The lowest BCUT2D eigenvalue weighted by atomic mass is 9.88. The summed E-state index contributed by atoms with van der Waals surface area (Å²) in [6, 6.07) is 3.86. The van der Waals surface area contributed by atoms with Crippen LogP contribution < -0.4 is 10.3 Å². The Bertz CT molecular complexity index is 1740. The molecule has 65 heavy (non-hydrogen) atoms. The lowest BCUT2D eigenvalue weighted by Gasteiger charge is -2.31. The highest BCUT2D eigenvalue weighted by Crippen LogP contribution is 2.30. The summed E-state index contributed by atoms with van der Waals surface area (Å²) in [7, 11) is 0. The van der Waals surface area contributed by atoms with Crippen molar-refractivity contribution in [2.75, 3.05) is 19.6 Å². The van der Waals surface area contributed by atoms with Gasteiger partial charge >= 0.3 is 11.9 Å². The Morgan fingerprint density at radius 3 is 1.68 bits per heavy atom. The number of carbonyl (C=O) groups excluding carboxylic acids is 3. The predicted molar refractivity (Wildman–Crippen MR) is 261 cm³/mol. The van der Waals surface area contributed by atoms with Gasteiger partial charge in [-0.05, 0) is 77.1 Å². The van der Waals surface area contributed by atoms with Crippen molar-refractivity contribution in [2.24, 2.45) is 5.92 Å². The summed E-state index contributed by atoms with van der Waals surface area (Å²) in [5.41, 5.74) is 1.57. The number of piperidine rings is 1. The first-order valence-electron chi connectivity index (χ1n) is 26.8. The highest BCUT2D eigenvalue weighted by atomic mass is 19.1. The third kappa shape index (κ3) is 20.6. The number of benzene rings is 1. The molecule has 1 atom stereocenters. The standard InChI is InChI=1S/C55H88FN3O6/c1-4-6-8-10-12-14-16-18-20-22-24-26-28-32-51(60)64-49-31-30-39-59-54(49)57-44(3)47(55(59)63)38-42-58-40-36-45(37-41-58)53(62)48-35-34-46(56)43-50(48)65-52(61)33-29-27-25-23-21-19-17-15-13-11-9-7-5-2/h34-35,43,45,49H,4-33,36-42H2,1-3H3. The second-order valence-corrected chi connectivity index (χ2v) is 19.4. The first-order chi connectivity index (χ1) is 31.7. The molecule has 0 saturated carbocycles. The molecule has 1 aromatic carbocycles. The molecule has 0 amide bonds. The first kappa shape index (κ1) is 54.2. The summed E-state index contributed by atoms with van der Waals surface area (Å²) in [6.45, 7) is 8.97. The fraction of sp³-hybridized carbons (Fsp3) is 0.764. The molecule has 2 aromatic rings. The van der Waals surface area contributed by atoms with Crippen LogP contribution in [0.1, 0.15) is 253 Å². The Hall–Kier alpha value is -3.40. The fourth-order valence-corrected chi connectivity index (χ4v) is 9.80. The average Bonchev–Trinajstić information content (AvgIpc) is 3.29. The molecular formula is C55H88FN3O6. The van der Waals surface area contributed by atoms with Crippen molar-refractivity contribution in [3.05, 3.63) is 57.0 Å². The van der Waals surface area contributed by atoms with Gasteiger partial charge in [0, 0.05) is 49.2 Å². The summed E-state index contributed by atoms with van der Waals surface area (Å²) < 4.78 is 27.6. The molecule has 0 radical (unpaired) electrons. The summed E-state index contributed by atoms with van der Waals surface area (Å²) in [6.07, 6.45) is 35.5. The van der Waals surface area contributed by atoms with E-state index >= 15 is 0 Å². The van der Waals surface area contributed by atoms with E-state index in [1.807, 2.05) is 6.92 Å². The molecule has 1 unspecified atom stereocenters. The van der Waals surface area contributed by atoms with Crippen LogP contribution in [0.5, 0.6) is 5.75 Å². The Morgan fingerprint density at radius 1 is 0.662 bits per heavy atom. The molecule has 4 rings (SSSR count). The van der Waals surface area contributed by atoms with E-state index in [4.69, 9.17) is 14.5 Å². The molecule has 2 aliphatic heterocycles. The van der Waals surface area contributed by atoms with E-state index in [-0.39, 0.29) is 41.0 Å². The number of carbonyl (C=O) groups is 3. The lowest BCUT2D eigenvalue weighted by Crippen LogP contribution is -2.39. The Balaban J connectivity index is 1.13. The second kappa shape index (κ2) is 32.3. The Labute approximate surface area is 392 Å². The van der Waals surface area contributed by atoms with Crippen LogP contribution in [0.4, 0.5) is 4.39 Å². The van der Waals surface area contributed by atoms with E-state index in [0.717, 1.165) is 51.0 Å². The van der Waals surface area contributed by atoms with Crippen LogP contribution in [0.25, 0.3) is 0 Å². The number of rotatable bonds is 35. The highest BCUT2D eigenvalue weighted by Gasteiger charge is 2.30. The SMILES string of the molecule is CCCCCCCCCCCCCCCC(=O)Oc1cc(F)ccc1C(=O)C1CCN(CCc2c(C)nc3n(c2=O)CCCC3OC(=O)CCCCCCCCCCCCCCC)CC1. The number of fused-ring (bicyclic) bond motifs is 1. The average molecular weight is 906 g/mol. The fourth-order valence-electron chi connectivity index (χ4n) is 9.80. The number of ketones is 1. The normalized spacial score (nSPS) is 15.5. The van der Waals surface area contributed by atoms with E-state index in [2.05, 4.69) is 18.7 Å². The number of Topliss-reactive ketones (excluding diaryl/α,β-unsaturated/α-hetero) is 1. The quantitative estimate of drug-likeness (QED) is 0.0291. The maximum Gasteiger partial charge on any atom is 0.311 e. The van der Waals surface area contributed by atoms with E-state index in [1.54, 1.807) is 4.57 Å². The van der Waals surface area contributed by atoms with Crippen molar-refractivity contribution in [2.45, 2.75) is 245 Å². The number of aromatic nitrogens is 2. The zero-order valence-corrected chi connectivity index (χ0v) is 41.2. The van der Waals surface area contributed by atoms with Crippen molar-refractivity contribution in [3.8, 4) is 5.75 Å². The van der Waals surface area contributed by atoms with Gasteiger partial charge in [0.2, 0.25) is 0 Å². The first-order valence-corrected chi connectivity index (χ1v) is 26.8. The third-order valence-corrected chi connectivity index (χ3v) is 13.9. The van der Waals surface area contributed by atoms with Crippen LogP contribution in [-0.4, -0.2) is 51.8 Å². The van der Waals surface area contributed by atoms with Crippen LogP contribution in [0.15, 0.2) is 23.0 Å². The number of aryl methyl sites for hydroxylation is 1. The molecule has 0 spiro atoms. The monoisotopic (exact) mass is 906 g/mol. The lowest BCUT2D eigenvalue weighted by molar-refractivity contribution is -0.151. The molecular weight excluding hydrogens is 818 g/mol. The zero-order chi connectivity index (χ0) is 46.5. The van der Waals surface area contributed by atoms with E-state index in [1.165, 1.54) is 141 Å². The number of esters is 2. The van der Waals surface area contributed by atoms with Gasteiger partial charge in [0.1, 0.15) is 11.6 Å². The predicted octanol–water partition coefficient (Wildman–Crippen LogP) is 14.1. The van der Waals surface area contributed by atoms with Crippen molar-refractivity contribution < 1.29 is 28.2 Å². The molecule has 10 heteroatoms. The summed E-state index contributed by atoms with van der Waals surface area (Å²) in [5, 5.41) is 0. The number of ether oxygens (including phenoxy) is 2. The van der Waals surface area contributed by atoms with Gasteiger partial charge in [-0.15, -0.1) is 0 Å². The maximum atomic E-state index is 14.3. The van der Waals surface area contributed by atoms with Gasteiger partial charge in [-0.25, -0.2) is 9.37 Å². The minimum absolute atomic E-state index is 0.0137. The van der Waals surface area contributed by atoms with Crippen LogP contribution in [0.3, 0.4) is 0 Å². The van der Waals surface area contributed by atoms with Crippen LogP contribution in [-0.2, 0) is 27.3 Å². The van der Waals surface area contributed by atoms with Crippen LogP contribution in [0.2, 0.25) is 0 Å². The van der Waals surface area contributed by atoms with E-state index in [0.29, 0.717) is 75.4 Å². The summed E-state index contributed by atoms with van der Waals surface area (Å²) in [4.78, 5) is 60.3. The van der Waals surface area contributed by atoms with E-state index in [9.17, 15) is 23.6 Å². The van der Waals surface area contributed by atoms with Gasteiger partial charge in [-0.2, -0.15) is 0 Å². The second-order valence-electron chi connectivity index (χ2n) is 19.4. The molecule has 9 nitrogen and oxygen atoms in total. The van der Waals surface area contributed by atoms with Crippen molar-refractivity contribution in [3.63, 3.8) is 0 Å². The number of nitrogens with zero attached hydrogens (tertiary/aromatic N) is 3. The number of halogens is 1. The third-order valence-electron chi connectivity index (χ3n) is 13.9. The largest absolute Gasteiger partial charge is 0.454 e. The van der Waals surface area contributed by atoms with Gasteiger partial charge in [0.05, 0.1) is 5.56 Å².